The molecule has 0 aliphatic carbocycles. The largest absolute Gasteiger partial charge is 0.508 e. The Kier molecular flexibility index (Phi) is 11.8. The molecule has 316 valence electrons. The van der Waals surface area contributed by atoms with Crippen molar-refractivity contribution in [2.45, 2.75) is 57.3 Å². The topological polar surface area (TPSA) is 238 Å². The number of ether oxygens (including phenoxy) is 2. The number of amides is 2. The molecule has 0 bridgehead atoms. The van der Waals surface area contributed by atoms with Crippen LogP contribution in [-0.4, -0.2) is 117 Å². The minimum absolute atomic E-state index is 0.0356. The highest BCUT2D eigenvalue weighted by molar-refractivity contribution is 5.94. The molecule has 60 heavy (non-hydrogen) atoms. The molecule has 2 fully saturated rings. The van der Waals surface area contributed by atoms with Gasteiger partial charge in [0.1, 0.15) is 30.0 Å². The van der Waals surface area contributed by atoms with E-state index in [1.165, 1.54) is 10.6 Å². The van der Waals surface area contributed by atoms with E-state index in [4.69, 9.17) is 9.47 Å². The van der Waals surface area contributed by atoms with Crippen molar-refractivity contribution in [1.29, 1.82) is 0 Å². The molecule has 3 atom stereocenters. The number of hydrogen-bond donors (Lipinski definition) is 6. The van der Waals surface area contributed by atoms with E-state index in [0.717, 1.165) is 17.8 Å². The summed E-state index contributed by atoms with van der Waals surface area (Å²) < 4.78 is 40.8. The Morgan fingerprint density at radius 1 is 0.983 bits per heavy atom. The molecule has 18 nitrogen and oxygen atoms in total. The van der Waals surface area contributed by atoms with Gasteiger partial charge in [0.05, 0.1) is 17.9 Å². The standard InChI is InChI=1S/C40H42F2N8O10/c1-22(2)27-17-28(30(53)18-29(27)52)34-45-46-38(57)50(34)26-9-5-23(6-10-26)19-47-13-15-48(16-14-47)35(55)25-7-3-24(4-8-25)21-59-39(58)44-32-11-12-49(37(56)43-32)36-40(41,42)33(54)31(20-51)60-36/h3-12,17-18,22,31,33,36,51-54H,13-16,19-21H2,1-2H3,(H,46,57)(H,43,44,56,58)/t31-,33-,36-/m1/s1. The molecule has 0 saturated carbocycles. The van der Waals surface area contributed by atoms with E-state index in [2.05, 4.69) is 25.4 Å². The number of H-pyrrole nitrogens is 1. The lowest BCUT2D eigenvalue weighted by molar-refractivity contribution is -0.140. The normalized spacial score (nSPS) is 19.1. The van der Waals surface area contributed by atoms with Gasteiger partial charge in [0.15, 0.2) is 11.9 Å². The highest BCUT2D eigenvalue weighted by atomic mass is 19.3. The van der Waals surface area contributed by atoms with Crippen molar-refractivity contribution < 1.29 is 48.3 Å². The molecule has 4 heterocycles. The molecular formula is C40H42F2N8O10. The number of aliphatic hydroxyl groups excluding tert-OH is 2. The summed E-state index contributed by atoms with van der Waals surface area (Å²) in [7, 11) is 0. The van der Waals surface area contributed by atoms with Crippen LogP contribution in [0.4, 0.5) is 19.4 Å². The van der Waals surface area contributed by atoms with Crippen molar-refractivity contribution >= 4 is 17.8 Å². The summed E-state index contributed by atoms with van der Waals surface area (Å²) in [6.45, 7) is 5.56. The van der Waals surface area contributed by atoms with Crippen LogP contribution in [0.5, 0.6) is 11.5 Å². The zero-order valence-electron chi connectivity index (χ0n) is 32.4. The fourth-order valence-corrected chi connectivity index (χ4v) is 7.07. The minimum atomic E-state index is -3.89. The summed E-state index contributed by atoms with van der Waals surface area (Å²) in [6.07, 6.45) is -6.23. The molecule has 2 amide bonds. The van der Waals surface area contributed by atoms with E-state index < -0.39 is 48.4 Å². The third kappa shape index (κ3) is 8.48. The zero-order chi connectivity index (χ0) is 42.9. The predicted molar refractivity (Wildman–Crippen MR) is 209 cm³/mol. The summed E-state index contributed by atoms with van der Waals surface area (Å²) in [6, 6.07) is 17.8. The maximum atomic E-state index is 14.4. The summed E-state index contributed by atoms with van der Waals surface area (Å²) in [5, 5.41) is 48.6. The van der Waals surface area contributed by atoms with E-state index in [-0.39, 0.29) is 41.6 Å². The van der Waals surface area contributed by atoms with Gasteiger partial charge in [-0.05, 0) is 59.0 Å². The quantitative estimate of drug-likeness (QED) is 0.112. The number of alkyl halides is 2. The second-order valence-electron chi connectivity index (χ2n) is 14.7. The molecular weight excluding hydrogens is 790 g/mol. The molecule has 20 heteroatoms. The van der Waals surface area contributed by atoms with E-state index >= 15 is 0 Å². The van der Waals surface area contributed by atoms with E-state index in [0.29, 0.717) is 65.2 Å². The number of phenolic OH excluding ortho intramolecular Hbond substituents is 2. The van der Waals surface area contributed by atoms with Gasteiger partial charge in [-0.25, -0.2) is 24.0 Å². The number of nitrogens with zero attached hydrogens (tertiary/aromatic N) is 6. The van der Waals surface area contributed by atoms with Crippen LogP contribution in [0.3, 0.4) is 0 Å². The number of halogens is 2. The number of hydrogen-bond acceptors (Lipinski definition) is 13. The van der Waals surface area contributed by atoms with Gasteiger partial charge in [-0.15, -0.1) is 0 Å². The fraction of sp³-hybridized carbons (Fsp3) is 0.350. The summed E-state index contributed by atoms with van der Waals surface area (Å²) in [5.41, 5.74) is 1.75. The molecule has 0 spiro atoms. The van der Waals surface area contributed by atoms with Crippen molar-refractivity contribution in [3.8, 4) is 28.6 Å². The number of aromatic hydroxyl groups is 2. The number of aliphatic hydroxyl groups is 2. The van der Waals surface area contributed by atoms with E-state index in [1.807, 2.05) is 26.0 Å². The van der Waals surface area contributed by atoms with Crippen LogP contribution in [0.2, 0.25) is 0 Å². The fourth-order valence-electron chi connectivity index (χ4n) is 7.07. The summed E-state index contributed by atoms with van der Waals surface area (Å²) in [4.78, 5) is 58.5. The van der Waals surface area contributed by atoms with Crippen molar-refractivity contribution in [3.05, 3.63) is 116 Å². The van der Waals surface area contributed by atoms with Crippen molar-refractivity contribution in [2.75, 3.05) is 38.1 Å². The molecule has 6 N–H and O–H groups in total. The van der Waals surface area contributed by atoms with Gasteiger partial charge in [0.2, 0.25) is 6.23 Å². The SMILES string of the molecule is CC(C)c1cc(-c2n[nH]c(=O)n2-c2ccc(CN3CCN(C(=O)c4ccc(COC(=O)Nc5ccn([C@@H]6O[C@H](CO)[C@@H](O)C6(F)F)c(=O)n5)cc4)CC3)cc2)c(O)cc1O. The lowest BCUT2D eigenvalue weighted by Gasteiger charge is -2.34. The number of aromatic nitrogens is 5. The third-order valence-electron chi connectivity index (χ3n) is 10.4. The van der Waals surface area contributed by atoms with Gasteiger partial charge in [-0.1, -0.05) is 38.1 Å². The van der Waals surface area contributed by atoms with Crippen LogP contribution < -0.4 is 16.7 Å². The van der Waals surface area contributed by atoms with Gasteiger partial charge >= 0.3 is 23.4 Å². The monoisotopic (exact) mass is 832 g/mol. The van der Waals surface area contributed by atoms with Gasteiger partial charge in [-0.2, -0.15) is 18.9 Å². The first kappa shape index (κ1) is 41.7. The first-order valence-corrected chi connectivity index (χ1v) is 18.9. The summed E-state index contributed by atoms with van der Waals surface area (Å²) in [5.74, 6) is -4.42. The van der Waals surface area contributed by atoms with Gasteiger partial charge < -0.3 is 34.8 Å². The maximum absolute atomic E-state index is 14.4. The number of rotatable bonds is 11. The van der Waals surface area contributed by atoms with E-state index in [9.17, 15) is 48.4 Å². The number of nitrogens with one attached hydrogen (secondary N) is 2. The number of carbonyl (C=O) groups is 2. The van der Waals surface area contributed by atoms with Crippen LogP contribution in [0.1, 0.15) is 53.0 Å². The molecule has 0 radical (unpaired) electrons. The zero-order valence-corrected chi connectivity index (χ0v) is 32.4. The first-order chi connectivity index (χ1) is 28.6. The van der Waals surface area contributed by atoms with Gasteiger partial charge in [-0.3, -0.25) is 19.6 Å². The number of benzene rings is 3. The van der Waals surface area contributed by atoms with Gasteiger partial charge in [0.25, 0.3) is 5.91 Å². The number of phenols is 2. The van der Waals surface area contributed by atoms with Crippen LogP contribution in [-0.2, 0) is 22.6 Å². The average molecular weight is 833 g/mol. The first-order valence-electron chi connectivity index (χ1n) is 18.9. The number of aromatic amines is 1. The van der Waals surface area contributed by atoms with Crippen LogP contribution in [0.15, 0.2) is 82.5 Å². The molecule has 2 aliphatic rings. The molecule has 2 saturated heterocycles. The molecule has 3 aromatic carbocycles. The lowest BCUT2D eigenvalue weighted by atomic mass is 9.98. The minimum Gasteiger partial charge on any atom is -0.508 e. The Morgan fingerprint density at radius 2 is 1.67 bits per heavy atom. The second kappa shape index (κ2) is 17.0. The Labute approximate surface area is 339 Å². The van der Waals surface area contributed by atoms with E-state index in [1.54, 1.807) is 47.4 Å². The average Bonchev–Trinajstić information content (AvgIpc) is 3.71. The Bertz CT molecular complexity index is 2480. The van der Waals surface area contributed by atoms with Crippen molar-refractivity contribution in [1.82, 2.24) is 34.1 Å². The highest BCUT2D eigenvalue weighted by Crippen LogP contribution is 2.42. The molecule has 7 rings (SSSR count). The van der Waals surface area contributed by atoms with Gasteiger partial charge in [0, 0.05) is 50.6 Å². The Morgan fingerprint density at radius 3 is 2.30 bits per heavy atom. The molecule has 2 aromatic heterocycles. The van der Waals surface area contributed by atoms with Crippen molar-refractivity contribution in [3.63, 3.8) is 0 Å². The van der Waals surface area contributed by atoms with Crippen LogP contribution in [0, 0.1) is 0 Å². The van der Waals surface area contributed by atoms with Crippen LogP contribution >= 0.6 is 0 Å². The molecule has 0 unspecified atom stereocenters. The number of carbonyl (C=O) groups excluding carboxylic acids is 2. The number of anilines is 1. The summed E-state index contributed by atoms with van der Waals surface area (Å²) >= 11 is 0. The molecule has 2 aliphatic heterocycles. The Balaban J connectivity index is 0.882. The van der Waals surface area contributed by atoms with Crippen molar-refractivity contribution in [2.24, 2.45) is 0 Å². The highest BCUT2D eigenvalue weighted by Gasteiger charge is 2.59. The second-order valence-corrected chi connectivity index (χ2v) is 14.7. The lowest BCUT2D eigenvalue weighted by Crippen LogP contribution is -2.48. The predicted octanol–water partition coefficient (Wildman–Crippen LogP) is 2.91. The Hall–Kier alpha value is -6.48. The molecule has 5 aromatic rings. The number of piperazine rings is 1. The third-order valence-corrected chi connectivity index (χ3v) is 10.4. The maximum Gasteiger partial charge on any atom is 0.413 e. The van der Waals surface area contributed by atoms with Crippen LogP contribution in [0.25, 0.3) is 17.1 Å². The smallest absolute Gasteiger partial charge is 0.413 e.